The molecule has 3 aliphatic rings. The first kappa shape index (κ1) is 15.8. The van der Waals surface area contributed by atoms with E-state index >= 15 is 0 Å². The van der Waals surface area contributed by atoms with E-state index in [1.165, 1.54) is 48.6 Å². The molecule has 0 aromatic heterocycles. The number of nitrogens with zero attached hydrogens (tertiary/aromatic N) is 1. The van der Waals surface area contributed by atoms with Crippen LogP contribution in [0, 0.1) is 17.8 Å². The van der Waals surface area contributed by atoms with Crippen molar-refractivity contribution in [3.63, 3.8) is 0 Å². The van der Waals surface area contributed by atoms with E-state index in [9.17, 15) is 0 Å². The molecule has 1 aliphatic heterocycles. The summed E-state index contributed by atoms with van der Waals surface area (Å²) in [6, 6.07) is 16.7. The molecule has 0 spiro atoms. The SMILES string of the molecule is CN(CC1CNNC1c1cccc2ccccc12)C(C1CC1)C1CC1. The zero-order valence-corrected chi connectivity index (χ0v) is 15.1. The summed E-state index contributed by atoms with van der Waals surface area (Å²) in [5.74, 6) is 2.59. The van der Waals surface area contributed by atoms with Gasteiger partial charge >= 0.3 is 0 Å². The molecule has 3 fully saturated rings. The van der Waals surface area contributed by atoms with E-state index in [2.05, 4.69) is 65.3 Å². The van der Waals surface area contributed by atoms with E-state index in [1.807, 2.05) is 0 Å². The number of hydrogen-bond donors (Lipinski definition) is 2. The van der Waals surface area contributed by atoms with Crippen molar-refractivity contribution in [1.82, 2.24) is 15.8 Å². The van der Waals surface area contributed by atoms with Crippen molar-refractivity contribution >= 4 is 10.8 Å². The fourth-order valence-electron chi connectivity index (χ4n) is 5.03. The summed E-state index contributed by atoms with van der Waals surface area (Å²) < 4.78 is 0. The van der Waals surface area contributed by atoms with Crippen LogP contribution in [-0.2, 0) is 0 Å². The molecule has 3 heteroatoms. The maximum Gasteiger partial charge on any atom is 0.0521 e. The van der Waals surface area contributed by atoms with Crippen molar-refractivity contribution in [1.29, 1.82) is 0 Å². The molecule has 25 heavy (non-hydrogen) atoms. The van der Waals surface area contributed by atoms with Gasteiger partial charge in [-0.05, 0) is 60.9 Å². The van der Waals surface area contributed by atoms with Gasteiger partial charge in [0.05, 0.1) is 6.04 Å². The molecule has 0 radical (unpaired) electrons. The van der Waals surface area contributed by atoms with E-state index in [4.69, 9.17) is 0 Å². The van der Waals surface area contributed by atoms with E-state index in [-0.39, 0.29) is 0 Å². The molecule has 2 aromatic carbocycles. The molecule has 2 unspecified atom stereocenters. The van der Waals surface area contributed by atoms with Crippen LogP contribution in [0.4, 0.5) is 0 Å². The van der Waals surface area contributed by atoms with Crippen LogP contribution in [-0.4, -0.2) is 31.1 Å². The second-order valence-electron chi connectivity index (χ2n) is 8.44. The number of nitrogens with one attached hydrogen (secondary N) is 2. The van der Waals surface area contributed by atoms with E-state index < -0.39 is 0 Å². The van der Waals surface area contributed by atoms with Crippen molar-refractivity contribution in [3.05, 3.63) is 48.0 Å². The molecule has 132 valence electrons. The maximum atomic E-state index is 3.57. The van der Waals surface area contributed by atoms with Gasteiger partial charge in [0.1, 0.15) is 0 Å². The largest absolute Gasteiger partial charge is 0.302 e. The predicted molar refractivity (Wildman–Crippen MR) is 103 cm³/mol. The second-order valence-corrected chi connectivity index (χ2v) is 8.44. The fourth-order valence-corrected chi connectivity index (χ4v) is 5.03. The Bertz CT molecular complexity index is 733. The average molecular weight is 335 g/mol. The lowest BCUT2D eigenvalue weighted by Crippen LogP contribution is -2.40. The number of rotatable bonds is 6. The minimum Gasteiger partial charge on any atom is -0.302 e. The van der Waals surface area contributed by atoms with Crippen molar-refractivity contribution < 1.29 is 0 Å². The van der Waals surface area contributed by atoms with Crippen LogP contribution in [0.3, 0.4) is 0 Å². The van der Waals surface area contributed by atoms with Gasteiger partial charge in [-0.3, -0.25) is 5.43 Å². The molecular weight excluding hydrogens is 306 g/mol. The van der Waals surface area contributed by atoms with Gasteiger partial charge in [-0.25, -0.2) is 5.43 Å². The molecule has 2 aliphatic carbocycles. The summed E-state index contributed by atoms with van der Waals surface area (Å²) in [5, 5.41) is 2.73. The Kier molecular flexibility index (Phi) is 4.04. The molecule has 1 saturated heterocycles. The third kappa shape index (κ3) is 3.10. The Morgan fingerprint density at radius 1 is 1.00 bits per heavy atom. The Balaban J connectivity index is 1.38. The van der Waals surface area contributed by atoms with Gasteiger partial charge in [0, 0.05) is 25.0 Å². The molecule has 2 N–H and O–H groups in total. The summed E-state index contributed by atoms with van der Waals surface area (Å²) in [6.45, 7) is 2.24. The van der Waals surface area contributed by atoms with Gasteiger partial charge in [0.25, 0.3) is 0 Å². The molecule has 1 heterocycles. The van der Waals surface area contributed by atoms with Gasteiger partial charge in [-0.15, -0.1) is 0 Å². The van der Waals surface area contributed by atoms with Gasteiger partial charge in [-0.1, -0.05) is 42.5 Å². The third-order valence-corrected chi connectivity index (χ3v) is 6.49. The predicted octanol–water partition coefficient (Wildman–Crippen LogP) is 3.73. The zero-order chi connectivity index (χ0) is 16.8. The first-order chi connectivity index (χ1) is 12.3. The maximum absolute atomic E-state index is 3.57. The summed E-state index contributed by atoms with van der Waals surface area (Å²) >= 11 is 0. The number of benzene rings is 2. The molecule has 5 rings (SSSR count). The monoisotopic (exact) mass is 335 g/mol. The third-order valence-electron chi connectivity index (χ3n) is 6.49. The van der Waals surface area contributed by atoms with Crippen LogP contribution in [0.5, 0.6) is 0 Å². The van der Waals surface area contributed by atoms with Crippen LogP contribution in [0.2, 0.25) is 0 Å². The van der Waals surface area contributed by atoms with Crippen LogP contribution in [0.25, 0.3) is 10.8 Å². The Morgan fingerprint density at radius 3 is 2.48 bits per heavy atom. The van der Waals surface area contributed by atoms with Gasteiger partial charge in [-0.2, -0.15) is 0 Å². The molecule has 2 aromatic rings. The van der Waals surface area contributed by atoms with Crippen molar-refractivity contribution in [2.75, 3.05) is 20.1 Å². The van der Waals surface area contributed by atoms with Crippen LogP contribution in [0.1, 0.15) is 37.3 Å². The standard InChI is InChI=1S/C22H29N3/c1-25(22(16-9-10-16)17-11-12-17)14-18-13-23-24-21(18)20-8-4-6-15-5-2-3-7-19(15)20/h2-8,16-18,21-24H,9-14H2,1H3. The minimum absolute atomic E-state index is 0.396. The smallest absolute Gasteiger partial charge is 0.0521 e. The average Bonchev–Trinajstić information content (AvgIpc) is 3.56. The first-order valence-electron chi connectivity index (χ1n) is 9.97. The normalized spacial score (nSPS) is 26.8. The highest BCUT2D eigenvalue weighted by molar-refractivity contribution is 5.86. The highest BCUT2D eigenvalue weighted by Crippen LogP contribution is 2.47. The minimum atomic E-state index is 0.396. The van der Waals surface area contributed by atoms with E-state index in [0.29, 0.717) is 12.0 Å². The number of fused-ring (bicyclic) bond motifs is 1. The van der Waals surface area contributed by atoms with Crippen LogP contribution in [0.15, 0.2) is 42.5 Å². The molecule has 3 nitrogen and oxygen atoms in total. The molecule has 0 amide bonds. The summed E-state index contributed by atoms with van der Waals surface area (Å²) in [7, 11) is 2.37. The number of hydrogen-bond acceptors (Lipinski definition) is 3. The highest BCUT2D eigenvalue weighted by atomic mass is 15.4. The summed E-state index contributed by atoms with van der Waals surface area (Å²) in [5.41, 5.74) is 8.46. The zero-order valence-electron chi connectivity index (χ0n) is 15.1. The van der Waals surface area contributed by atoms with Crippen LogP contribution >= 0.6 is 0 Å². The van der Waals surface area contributed by atoms with E-state index in [0.717, 1.165) is 24.4 Å². The lowest BCUT2D eigenvalue weighted by molar-refractivity contribution is 0.165. The Labute approximate surface area is 150 Å². The Hall–Kier alpha value is -1.42. The molecular formula is C22H29N3. The highest BCUT2D eigenvalue weighted by Gasteiger charge is 2.44. The van der Waals surface area contributed by atoms with Crippen LogP contribution < -0.4 is 10.9 Å². The molecule has 2 saturated carbocycles. The van der Waals surface area contributed by atoms with Crippen molar-refractivity contribution in [3.8, 4) is 0 Å². The lowest BCUT2D eigenvalue weighted by atomic mass is 9.90. The van der Waals surface area contributed by atoms with E-state index in [1.54, 1.807) is 0 Å². The lowest BCUT2D eigenvalue weighted by Gasteiger charge is -2.32. The fraction of sp³-hybridized carbons (Fsp3) is 0.545. The topological polar surface area (TPSA) is 27.3 Å². The van der Waals surface area contributed by atoms with Gasteiger partial charge in [0.15, 0.2) is 0 Å². The summed E-state index contributed by atoms with van der Waals surface area (Å²) in [6.07, 6.45) is 5.83. The number of hydrazine groups is 1. The Morgan fingerprint density at radius 2 is 1.72 bits per heavy atom. The van der Waals surface area contributed by atoms with Crippen molar-refractivity contribution in [2.24, 2.45) is 17.8 Å². The van der Waals surface area contributed by atoms with Gasteiger partial charge < -0.3 is 4.90 Å². The quantitative estimate of drug-likeness (QED) is 0.842. The summed E-state index contributed by atoms with van der Waals surface area (Å²) in [4.78, 5) is 2.70. The van der Waals surface area contributed by atoms with Gasteiger partial charge in [0.2, 0.25) is 0 Å². The van der Waals surface area contributed by atoms with Crippen molar-refractivity contribution in [2.45, 2.75) is 37.8 Å². The molecule has 2 atom stereocenters. The second kappa shape index (κ2) is 6.39. The first-order valence-corrected chi connectivity index (χ1v) is 9.97. The molecule has 0 bridgehead atoms.